The van der Waals surface area contributed by atoms with Crippen LogP contribution < -0.4 is 5.32 Å². The highest BCUT2D eigenvalue weighted by molar-refractivity contribution is 9.10. The van der Waals surface area contributed by atoms with E-state index in [1.54, 1.807) is 0 Å². The molecular weight excluding hydrogens is 414 g/mol. The third kappa shape index (κ3) is 3.89. The number of imidazole rings is 1. The summed E-state index contributed by atoms with van der Waals surface area (Å²) in [5.41, 5.74) is 5.71. The van der Waals surface area contributed by atoms with Crippen molar-refractivity contribution in [1.82, 2.24) is 9.97 Å². The van der Waals surface area contributed by atoms with Crippen LogP contribution in [-0.2, 0) is 4.79 Å². The van der Waals surface area contributed by atoms with E-state index >= 15 is 0 Å². The zero-order chi connectivity index (χ0) is 19.5. The number of carbonyl (C=O) groups is 1. The van der Waals surface area contributed by atoms with Crippen molar-refractivity contribution in [3.05, 3.63) is 83.3 Å². The molecule has 0 bridgehead atoms. The maximum absolute atomic E-state index is 11.2. The highest BCUT2D eigenvalue weighted by atomic mass is 79.9. The molecule has 138 valence electrons. The number of nitrogens with one attached hydrogen (secondary N) is 2. The quantitative estimate of drug-likeness (QED) is 0.408. The molecule has 0 saturated carbocycles. The lowest BCUT2D eigenvalue weighted by Gasteiger charge is -2.03. The number of hydrogen-bond donors (Lipinski definition) is 2. The van der Waals surface area contributed by atoms with E-state index in [1.165, 1.54) is 6.92 Å². The van der Waals surface area contributed by atoms with Gasteiger partial charge in [0, 0.05) is 33.8 Å². The Bertz CT molecular complexity index is 1100. The van der Waals surface area contributed by atoms with Crippen molar-refractivity contribution in [2.24, 2.45) is 0 Å². The van der Waals surface area contributed by atoms with Crippen molar-refractivity contribution in [3.8, 4) is 33.9 Å². The maximum Gasteiger partial charge on any atom is 0.221 e. The van der Waals surface area contributed by atoms with Gasteiger partial charge in [-0.05, 0) is 36.4 Å². The number of rotatable bonds is 4. The van der Waals surface area contributed by atoms with Crippen LogP contribution in [0.5, 0.6) is 0 Å². The van der Waals surface area contributed by atoms with Crippen molar-refractivity contribution in [2.75, 3.05) is 5.32 Å². The Balaban J connectivity index is 1.79. The zero-order valence-electron chi connectivity index (χ0n) is 15.2. The van der Waals surface area contributed by atoms with Gasteiger partial charge in [-0.3, -0.25) is 4.79 Å². The Morgan fingerprint density at radius 3 is 2.14 bits per heavy atom. The van der Waals surface area contributed by atoms with E-state index in [2.05, 4.69) is 50.5 Å². The molecule has 0 saturated heterocycles. The monoisotopic (exact) mass is 431 g/mol. The van der Waals surface area contributed by atoms with Gasteiger partial charge < -0.3 is 10.3 Å². The molecule has 1 amide bonds. The van der Waals surface area contributed by atoms with Gasteiger partial charge in [0.2, 0.25) is 5.91 Å². The van der Waals surface area contributed by atoms with Crippen LogP contribution in [0.25, 0.3) is 33.9 Å². The van der Waals surface area contributed by atoms with Gasteiger partial charge in [-0.25, -0.2) is 4.98 Å². The Labute approximate surface area is 171 Å². The van der Waals surface area contributed by atoms with Crippen LogP contribution in [0.1, 0.15) is 6.92 Å². The number of hydrogen-bond acceptors (Lipinski definition) is 2. The molecule has 4 aromatic rings. The van der Waals surface area contributed by atoms with E-state index in [9.17, 15) is 4.79 Å². The van der Waals surface area contributed by atoms with Crippen LogP contribution in [0, 0.1) is 0 Å². The third-order valence-electron chi connectivity index (χ3n) is 4.36. The summed E-state index contributed by atoms with van der Waals surface area (Å²) in [6.07, 6.45) is 0. The van der Waals surface area contributed by atoms with E-state index in [0.717, 1.165) is 44.1 Å². The van der Waals surface area contributed by atoms with Crippen LogP contribution in [-0.4, -0.2) is 15.9 Å². The minimum Gasteiger partial charge on any atom is -0.337 e. The van der Waals surface area contributed by atoms with Gasteiger partial charge in [0.05, 0.1) is 11.4 Å². The highest BCUT2D eigenvalue weighted by Gasteiger charge is 2.15. The summed E-state index contributed by atoms with van der Waals surface area (Å²) in [5.74, 6) is 0.695. The van der Waals surface area contributed by atoms with Crippen molar-refractivity contribution in [3.63, 3.8) is 0 Å². The largest absolute Gasteiger partial charge is 0.337 e. The summed E-state index contributed by atoms with van der Waals surface area (Å²) < 4.78 is 1.03. The number of benzene rings is 3. The first-order chi connectivity index (χ1) is 13.6. The van der Waals surface area contributed by atoms with E-state index in [4.69, 9.17) is 4.98 Å². The minimum absolute atomic E-state index is 0.0883. The lowest BCUT2D eigenvalue weighted by Crippen LogP contribution is -2.05. The van der Waals surface area contributed by atoms with Gasteiger partial charge in [-0.2, -0.15) is 0 Å². The van der Waals surface area contributed by atoms with Crippen LogP contribution in [0.3, 0.4) is 0 Å². The van der Waals surface area contributed by atoms with Crippen LogP contribution >= 0.6 is 15.9 Å². The second-order valence-electron chi connectivity index (χ2n) is 6.44. The first kappa shape index (κ1) is 18.2. The molecular formula is C23H18BrN3O. The number of aromatic amines is 1. The average Bonchev–Trinajstić information content (AvgIpc) is 3.15. The summed E-state index contributed by atoms with van der Waals surface area (Å²) in [7, 11) is 0. The van der Waals surface area contributed by atoms with Gasteiger partial charge in [-0.15, -0.1) is 0 Å². The molecule has 0 unspecified atom stereocenters. The molecule has 5 heteroatoms. The van der Waals surface area contributed by atoms with Crippen LogP contribution in [0.2, 0.25) is 0 Å². The molecule has 28 heavy (non-hydrogen) atoms. The second-order valence-corrected chi connectivity index (χ2v) is 7.36. The van der Waals surface area contributed by atoms with Crippen molar-refractivity contribution >= 4 is 27.5 Å². The minimum atomic E-state index is -0.0883. The third-order valence-corrected chi connectivity index (χ3v) is 4.89. The number of halogens is 1. The average molecular weight is 432 g/mol. The summed E-state index contributed by atoms with van der Waals surface area (Å²) in [6, 6.07) is 26.0. The van der Waals surface area contributed by atoms with Crippen LogP contribution in [0.4, 0.5) is 5.69 Å². The normalized spacial score (nSPS) is 10.6. The fraction of sp³-hybridized carbons (Fsp3) is 0.0435. The lowest BCUT2D eigenvalue weighted by molar-refractivity contribution is -0.114. The first-order valence-electron chi connectivity index (χ1n) is 8.89. The molecule has 1 heterocycles. The van der Waals surface area contributed by atoms with E-state index in [0.29, 0.717) is 0 Å². The molecule has 0 atom stereocenters. The lowest BCUT2D eigenvalue weighted by atomic mass is 10.1. The molecule has 3 aromatic carbocycles. The van der Waals surface area contributed by atoms with Gasteiger partial charge in [0.1, 0.15) is 5.82 Å². The molecule has 0 spiro atoms. The maximum atomic E-state index is 11.2. The number of carbonyl (C=O) groups excluding carboxylic acids is 1. The summed E-state index contributed by atoms with van der Waals surface area (Å²) >= 11 is 3.49. The van der Waals surface area contributed by atoms with Crippen molar-refractivity contribution in [1.29, 1.82) is 0 Å². The smallest absolute Gasteiger partial charge is 0.221 e. The molecule has 4 rings (SSSR count). The fourth-order valence-electron chi connectivity index (χ4n) is 3.06. The van der Waals surface area contributed by atoms with Crippen molar-refractivity contribution in [2.45, 2.75) is 6.92 Å². The topological polar surface area (TPSA) is 57.8 Å². The van der Waals surface area contributed by atoms with E-state index in [-0.39, 0.29) is 5.91 Å². The highest BCUT2D eigenvalue weighted by Crippen LogP contribution is 2.33. The van der Waals surface area contributed by atoms with E-state index < -0.39 is 0 Å². The summed E-state index contributed by atoms with van der Waals surface area (Å²) in [4.78, 5) is 19.6. The number of amides is 1. The zero-order valence-corrected chi connectivity index (χ0v) is 16.8. The Kier molecular flexibility index (Phi) is 5.08. The molecule has 0 fully saturated rings. The fourth-order valence-corrected chi connectivity index (χ4v) is 3.32. The molecule has 0 aliphatic carbocycles. The SMILES string of the molecule is CC(=O)Nc1ccc(-c2nc(-c3ccccc3)c(-c3ccc(Br)cc3)[nH]2)cc1. The van der Waals surface area contributed by atoms with E-state index in [1.807, 2.05) is 54.6 Å². The number of H-pyrrole nitrogens is 1. The molecule has 2 N–H and O–H groups in total. The molecule has 1 aromatic heterocycles. The number of anilines is 1. The van der Waals surface area contributed by atoms with Gasteiger partial charge in [0.25, 0.3) is 0 Å². The molecule has 0 aliphatic heterocycles. The predicted molar refractivity (Wildman–Crippen MR) is 117 cm³/mol. The first-order valence-corrected chi connectivity index (χ1v) is 9.69. The summed E-state index contributed by atoms with van der Waals surface area (Å²) in [5, 5.41) is 2.78. The summed E-state index contributed by atoms with van der Waals surface area (Å²) in [6.45, 7) is 1.50. The molecule has 0 aliphatic rings. The standard InChI is InChI=1S/C23H18BrN3O/c1-15(28)25-20-13-9-18(10-14-20)23-26-21(16-5-3-2-4-6-16)22(27-23)17-7-11-19(24)12-8-17/h2-14H,1H3,(H,25,28)(H,26,27). The Morgan fingerprint density at radius 2 is 1.50 bits per heavy atom. The molecule has 0 radical (unpaired) electrons. The second kappa shape index (κ2) is 7.82. The van der Waals surface area contributed by atoms with Crippen molar-refractivity contribution < 1.29 is 4.79 Å². The van der Waals surface area contributed by atoms with Gasteiger partial charge in [0.15, 0.2) is 0 Å². The van der Waals surface area contributed by atoms with Crippen LogP contribution in [0.15, 0.2) is 83.3 Å². The molecule has 4 nitrogen and oxygen atoms in total. The number of aromatic nitrogens is 2. The Hall–Kier alpha value is -3.18. The Morgan fingerprint density at radius 1 is 0.857 bits per heavy atom. The van der Waals surface area contributed by atoms with Gasteiger partial charge in [-0.1, -0.05) is 58.4 Å². The predicted octanol–water partition coefficient (Wildman–Crippen LogP) is 6.13. The number of nitrogens with zero attached hydrogens (tertiary/aromatic N) is 1. The van der Waals surface area contributed by atoms with Gasteiger partial charge >= 0.3 is 0 Å².